The molecule has 0 spiro atoms. The highest BCUT2D eigenvalue weighted by atomic mass is 79.9. The number of urea groups is 1. The Labute approximate surface area is 156 Å². The fraction of sp³-hybridized carbons (Fsp3) is 0.0556. The number of anilines is 1. The first-order valence-corrected chi connectivity index (χ1v) is 8.27. The van der Waals surface area contributed by atoms with Crippen molar-refractivity contribution < 1.29 is 24.6 Å². The van der Waals surface area contributed by atoms with E-state index in [2.05, 4.69) is 21.2 Å². The molecule has 3 N–H and O–H groups in total. The van der Waals surface area contributed by atoms with Gasteiger partial charge in [-0.25, -0.2) is 9.69 Å². The number of aromatic hydroxyl groups is 2. The van der Waals surface area contributed by atoms with Crippen LogP contribution in [-0.2, 0) is 9.59 Å². The van der Waals surface area contributed by atoms with E-state index in [9.17, 15) is 24.6 Å². The lowest BCUT2D eigenvalue weighted by Gasteiger charge is -2.26. The van der Waals surface area contributed by atoms with Gasteiger partial charge in [-0.05, 0) is 48.9 Å². The Bertz CT molecular complexity index is 984. The number of carbonyl (C=O) groups excluding carboxylic acids is 3. The normalized spacial score (nSPS) is 16.2. The van der Waals surface area contributed by atoms with Crippen LogP contribution < -0.4 is 10.2 Å². The van der Waals surface area contributed by atoms with E-state index < -0.39 is 17.8 Å². The molecule has 0 atom stereocenters. The van der Waals surface area contributed by atoms with Gasteiger partial charge in [0.25, 0.3) is 11.8 Å². The molecule has 2 aromatic rings. The molecule has 2 aromatic carbocycles. The standard InChI is InChI=1S/C18H13BrN2O5/c1-9-6-11(3-5-14(9)19)21-17(25)13(16(24)20-18(21)26)7-10-2-4-12(22)8-15(10)23/h2-8,22-23H,1H3,(H,20,24,26)/b13-7+. The van der Waals surface area contributed by atoms with Gasteiger partial charge in [-0.2, -0.15) is 0 Å². The number of amides is 4. The fourth-order valence-electron chi connectivity index (χ4n) is 2.47. The third-order valence-electron chi connectivity index (χ3n) is 3.82. The zero-order chi connectivity index (χ0) is 19.0. The first kappa shape index (κ1) is 17.7. The minimum Gasteiger partial charge on any atom is -0.508 e. The van der Waals surface area contributed by atoms with Crippen LogP contribution in [0.4, 0.5) is 10.5 Å². The Morgan fingerprint density at radius 2 is 1.81 bits per heavy atom. The number of hydrogen-bond acceptors (Lipinski definition) is 5. The topological polar surface area (TPSA) is 107 Å². The van der Waals surface area contributed by atoms with Crippen LogP contribution in [-0.4, -0.2) is 28.1 Å². The van der Waals surface area contributed by atoms with Gasteiger partial charge in [0.15, 0.2) is 0 Å². The summed E-state index contributed by atoms with van der Waals surface area (Å²) in [7, 11) is 0. The number of phenols is 2. The van der Waals surface area contributed by atoms with Crippen molar-refractivity contribution in [1.82, 2.24) is 5.32 Å². The Balaban J connectivity index is 2.05. The van der Waals surface area contributed by atoms with Crippen LogP contribution in [0.2, 0.25) is 0 Å². The molecule has 0 saturated carbocycles. The van der Waals surface area contributed by atoms with Gasteiger partial charge in [-0.1, -0.05) is 15.9 Å². The maximum absolute atomic E-state index is 12.8. The number of benzene rings is 2. The van der Waals surface area contributed by atoms with E-state index in [1.165, 1.54) is 12.1 Å². The van der Waals surface area contributed by atoms with Gasteiger partial charge in [0.1, 0.15) is 17.1 Å². The van der Waals surface area contributed by atoms with Gasteiger partial charge in [0.2, 0.25) is 0 Å². The van der Waals surface area contributed by atoms with Crippen LogP contribution in [0.15, 0.2) is 46.4 Å². The minimum atomic E-state index is -0.863. The van der Waals surface area contributed by atoms with Gasteiger partial charge in [0.05, 0.1) is 5.69 Å². The molecule has 0 aromatic heterocycles. The summed E-state index contributed by atoms with van der Waals surface area (Å²) in [4.78, 5) is 37.9. The summed E-state index contributed by atoms with van der Waals surface area (Å²) in [6.07, 6.45) is 1.16. The molecule has 1 saturated heterocycles. The monoisotopic (exact) mass is 416 g/mol. The van der Waals surface area contributed by atoms with Crippen molar-refractivity contribution in [3.63, 3.8) is 0 Å². The lowest BCUT2D eigenvalue weighted by atomic mass is 10.1. The molecule has 3 rings (SSSR count). The third kappa shape index (κ3) is 3.18. The summed E-state index contributed by atoms with van der Waals surface area (Å²) in [6.45, 7) is 1.80. The number of rotatable bonds is 2. The average Bonchev–Trinajstić information content (AvgIpc) is 2.56. The molecule has 1 heterocycles. The summed E-state index contributed by atoms with van der Waals surface area (Å²) in [5.41, 5.74) is 0.956. The van der Waals surface area contributed by atoms with Crippen LogP contribution in [0.5, 0.6) is 11.5 Å². The van der Waals surface area contributed by atoms with Crippen molar-refractivity contribution >= 4 is 45.5 Å². The van der Waals surface area contributed by atoms with Crippen LogP contribution in [0.25, 0.3) is 6.08 Å². The second-order valence-corrected chi connectivity index (χ2v) is 6.49. The van der Waals surface area contributed by atoms with E-state index in [0.717, 1.165) is 27.1 Å². The van der Waals surface area contributed by atoms with Crippen molar-refractivity contribution in [1.29, 1.82) is 0 Å². The van der Waals surface area contributed by atoms with E-state index in [1.807, 2.05) is 0 Å². The summed E-state index contributed by atoms with van der Waals surface area (Å²) < 4.78 is 0.812. The highest BCUT2D eigenvalue weighted by Crippen LogP contribution is 2.28. The highest BCUT2D eigenvalue weighted by molar-refractivity contribution is 9.10. The molecule has 4 amide bonds. The van der Waals surface area contributed by atoms with Crippen LogP contribution in [0.3, 0.4) is 0 Å². The van der Waals surface area contributed by atoms with E-state index >= 15 is 0 Å². The predicted octanol–water partition coefficient (Wildman–Crippen LogP) is 2.84. The summed E-state index contributed by atoms with van der Waals surface area (Å²) in [5.74, 6) is -2.14. The van der Waals surface area contributed by atoms with E-state index in [4.69, 9.17) is 0 Å². The first-order valence-electron chi connectivity index (χ1n) is 7.47. The number of nitrogens with one attached hydrogen (secondary N) is 1. The quantitative estimate of drug-likeness (QED) is 0.515. The molecular weight excluding hydrogens is 404 g/mol. The molecule has 7 nitrogen and oxygen atoms in total. The number of aryl methyl sites for hydroxylation is 1. The zero-order valence-electron chi connectivity index (χ0n) is 13.5. The van der Waals surface area contributed by atoms with Gasteiger partial charge >= 0.3 is 6.03 Å². The summed E-state index contributed by atoms with van der Waals surface area (Å²) in [6, 6.07) is 7.78. The fourth-order valence-corrected chi connectivity index (χ4v) is 2.72. The van der Waals surface area contributed by atoms with Gasteiger partial charge in [-0.15, -0.1) is 0 Å². The number of imide groups is 2. The Hall–Kier alpha value is -3.13. The lowest BCUT2D eigenvalue weighted by molar-refractivity contribution is -0.122. The molecule has 1 aliphatic rings. The third-order valence-corrected chi connectivity index (χ3v) is 4.71. The smallest absolute Gasteiger partial charge is 0.335 e. The Morgan fingerprint density at radius 3 is 2.46 bits per heavy atom. The molecule has 0 bridgehead atoms. The zero-order valence-corrected chi connectivity index (χ0v) is 15.1. The van der Waals surface area contributed by atoms with Crippen LogP contribution in [0, 0.1) is 6.92 Å². The number of phenolic OH excluding ortho intramolecular Hbond substituents is 2. The van der Waals surface area contributed by atoms with E-state index in [0.29, 0.717) is 5.69 Å². The number of barbiturate groups is 1. The average molecular weight is 417 g/mol. The Kier molecular flexibility index (Phi) is 4.52. The largest absolute Gasteiger partial charge is 0.508 e. The van der Waals surface area contributed by atoms with Crippen molar-refractivity contribution in [3.05, 3.63) is 57.6 Å². The predicted molar refractivity (Wildman–Crippen MR) is 97.7 cm³/mol. The highest BCUT2D eigenvalue weighted by Gasteiger charge is 2.37. The molecule has 0 radical (unpaired) electrons. The van der Waals surface area contributed by atoms with Crippen LogP contribution in [0.1, 0.15) is 11.1 Å². The van der Waals surface area contributed by atoms with Crippen molar-refractivity contribution in [2.45, 2.75) is 6.92 Å². The van der Waals surface area contributed by atoms with E-state index in [1.54, 1.807) is 25.1 Å². The minimum absolute atomic E-state index is 0.155. The molecule has 26 heavy (non-hydrogen) atoms. The molecule has 0 aliphatic carbocycles. The summed E-state index contributed by atoms with van der Waals surface area (Å²) >= 11 is 3.35. The second kappa shape index (κ2) is 6.64. The van der Waals surface area contributed by atoms with Crippen molar-refractivity contribution in [3.8, 4) is 11.5 Å². The SMILES string of the molecule is Cc1cc(N2C(=O)NC(=O)/C(=C\c3ccc(O)cc3O)C2=O)ccc1Br. The molecule has 1 fully saturated rings. The maximum Gasteiger partial charge on any atom is 0.335 e. The number of hydrogen-bond donors (Lipinski definition) is 3. The molecule has 1 aliphatic heterocycles. The lowest BCUT2D eigenvalue weighted by Crippen LogP contribution is -2.54. The molecule has 8 heteroatoms. The number of nitrogens with zero attached hydrogens (tertiary/aromatic N) is 1. The van der Waals surface area contributed by atoms with Gasteiger partial charge < -0.3 is 10.2 Å². The number of carbonyl (C=O) groups is 3. The molecule has 132 valence electrons. The Morgan fingerprint density at radius 1 is 1.08 bits per heavy atom. The first-order chi connectivity index (χ1) is 12.3. The van der Waals surface area contributed by atoms with E-state index in [-0.39, 0.29) is 22.6 Å². The number of halogens is 1. The second-order valence-electron chi connectivity index (χ2n) is 5.63. The molecular formula is C18H13BrN2O5. The van der Waals surface area contributed by atoms with Gasteiger partial charge in [0, 0.05) is 16.1 Å². The molecule has 0 unspecified atom stereocenters. The summed E-state index contributed by atoms with van der Waals surface area (Å²) in [5, 5.41) is 21.3. The van der Waals surface area contributed by atoms with Crippen molar-refractivity contribution in [2.75, 3.05) is 4.90 Å². The van der Waals surface area contributed by atoms with Crippen LogP contribution >= 0.6 is 15.9 Å². The van der Waals surface area contributed by atoms with Crippen molar-refractivity contribution in [2.24, 2.45) is 0 Å². The van der Waals surface area contributed by atoms with Gasteiger partial charge in [-0.3, -0.25) is 14.9 Å². The maximum atomic E-state index is 12.8.